The highest BCUT2D eigenvalue weighted by Crippen LogP contribution is 2.25. The van der Waals surface area contributed by atoms with Crippen molar-refractivity contribution in [2.75, 3.05) is 5.32 Å². The molecule has 0 heterocycles. The third-order valence-corrected chi connectivity index (χ3v) is 4.48. The van der Waals surface area contributed by atoms with Crippen molar-refractivity contribution in [2.24, 2.45) is 0 Å². The van der Waals surface area contributed by atoms with Crippen LogP contribution in [0.4, 0.5) is 10.5 Å². The Bertz CT molecular complexity index is 483. The van der Waals surface area contributed by atoms with Crippen LogP contribution < -0.4 is 10.6 Å². The number of carboxylic acid groups (broad SMARTS) is 1. The number of hydrogen-bond donors (Lipinski definition) is 3. The molecule has 0 atom stereocenters. The van der Waals surface area contributed by atoms with Gasteiger partial charge in [0, 0.05) is 17.8 Å². The normalized spacial score (nSPS) is 21.9. The van der Waals surface area contributed by atoms with Gasteiger partial charge in [0.15, 0.2) is 0 Å². The molecule has 0 unspecified atom stereocenters. The summed E-state index contributed by atoms with van der Waals surface area (Å²) in [5, 5.41) is 15.0. The van der Waals surface area contributed by atoms with Crippen LogP contribution in [0.15, 0.2) is 12.1 Å². The molecule has 0 aliphatic heterocycles. The number of amides is 1. The zero-order valence-electron chi connectivity index (χ0n) is 13.2. The lowest BCUT2D eigenvalue weighted by Gasteiger charge is -2.30. The average Bonchev–Trinajstić information content (AvgIpc) is 2.40. The molecule has 0 aromatic heterocycles. The number of rotatable bonds is 4. The van der Waals surface area contributed by atoms with Crippen molar-refractivity contribution in [2.45, 2.75) is 65.0 Å². The Morgan fingerprint density at radius 1 is 1.14 bits per heavy atom. The molecule has 0 spiro atoms. The summed E-state index contributed by atoms with van der Waals surface area (Å²) in [6.45, 7) is 6.54. The Morgan fingerprint density at radius 3 is 2.14 bits per heavy atom. The second-order valence-corrected chi connectivity index (χ2v) is 6.08. The van der Waals surface area contributed by atoms with E-state index in [9.17, 15) is 4.79 Å². The van der Waals surface area contributed by atoms with Crippen LogP contribution in [0.25, 0.3) is 0 Å². The van der Waals surface area contributed by atoms with Crippen LogP contribution in [0.3, 0.4) is 0 Å². The van der Waals surface area contributed by atoms with Gasteiger partial charge in [0.05, 0.1) is 0 Å². The lowest BCUT2D eigenvalue weighted by atomic mass is 9.90. The lowest BCUT2D eigenvalue weighted by molar-refractivity contribution is 0.185. The van der Waals surface area contributed by atoms with E-state index in [0.717, 1.165) is 32.1 Å². The Labute approximate surface area is 126 Å². The van der Waals surface area contributed by atoms with Crippen molar-refractivity contribution in [3.8, 4) is 0 Å². The second kappa shape index (κ2) is 6.83. The monoisotopic (exact) mass is 290 g/mol. The van der Waals surface area contributed by atoms with Gasteiger partial charge in [-0.25, -0.2) is 4.79 Å². The third kappa shape index (κ3) is 4.13. The highest BCUT2D eigenvalue weighted by atomic mass is 16.4. The molecular formula is C17H26N2O2. The molecule has 1 amide bonds. The number of benzene rings is 1. The first-order valence-corrected chi connectivity index (χ1v) is 7.85. The molecule has 1 aliphatic carbocycles. The first-order valence-electron chi connectivity index (χ1n) is 7.85. The van der Waals surface area contributed by atoms with Gasteiger partial charge in [-0.1, -0.05) is 6.92 Å². The Hall–Kier alpha value is -1.71. The lowest BCUT2D eigenvalue weighted by Crippen LogP contribution is -2.39. The fraction of sp³-hybridized carbons (Fsp3) is 0.588. The predicted molar refractivity (Wildman–Crippen MR) is 86.1 cm³/mol. The molecule has 4 nitrogen and oxygen atoms in total. The maximum Gasteiger partial charge on any atom is 0.404 e. The standard InChI is InChI=1S/C17H26N2O2/c1-4-16-11(2)9-15(10-12(16)3)18-13-5-7-14(8-6-13)19-17(20)21/h9-10,13-14,18-19H,4-8H2,1-3H3,(H,20,21). The van der Waals surface area contributed by atoms with Crippen molar-refractivity contribution in [3.63, 3.8) is 0 Å². The Kier molecular flexibility index (Phi) is 5.10. The van der Waals surface area contributed by atoms with E-state index in [1.807, 2.05) is 0 Å². The first-order chi connectivity index (χ1) is 9.99. The fourth-order valence-corrected chi connectivity index (χ4v) is 3.43. The van der Waals surface area contributed by atoms with Gasteiger partial charge in [0.1, 0.15) is 0 Å². The molecule has 1 saturated carbocycles. The molecule has 21 heavy (non-hydrogen) atoms. The summed E-state index contributed by atoms with van der Waals surface area (Å²) in [7, 11) is 0. The summed E-state index contributed by atoms with van der Waals surface area (Å²) in [5.41, 5.74) is 5.33. The maximum absolute atomic E-state index is 10.6. The van der Waals surface area contributed by atoms with Crippen LogP contribution in [0.1, 0.15) is 49.3 Å². The van der Waals surface area contributed by atoms with Crippen molar-refractivity contribution < 1.29 is 9.90 Å². The summed E-state index contributed by atoms with van der Waals surface area (Å²) in [4.78, 5) is 10.6. The number of hydrogen-bond acceptors (Lipinski definition) is 2. The summed E-state index contributed by atoms with van der Waals surface area (Å²) in [6, 6.07) is 5.02. The minimum absolute atomic E-state index is 0.117. The molecule has 0 bridgehead atoms. The summed E-state index contributed by atoms with van der Waals surface area (Å²) in [6.07, 6.45) is 4.01. The van der Waals surface area contributed by atoms with Gasteiger partial charge in [-0.3, -0.25) is 0 Å². The number of aryl methyl sites for hydroxylation is 2. The van der Waals surface area contributed by atoms with E-state index in [-0.39, 0.29) is 6.04 Å². The minimum Gasteiger partial charge on any atom is -0.465 e. The quantitative estimate of drug-likeness (QED) is 0.789. The molecular weight excluding hydrogens is 264 g/mol. The van der Waals surface area contributed by atoms with Crippen molar-refractivity contribution in [1.82, 2.24) is 5.32 Å². The van der Waals surface area contributed by atoms with Gasteiger partial charge in [-0.2, -0.15) is 0 Å². The zero-order chi connectivity index (χ0) is 15.4. The molecule has 0 radical (unpaired) electrons. The van der Waals surface area contributed by atoms with Gasteiger partial charge in [-0.05, 0) is 74.8 Å². The molecule has 1 aromatic carbocycles. The van der Waals surface area contributed by atoms with E-state index < -0.39 is 6.09 Å². The van der Waals surface area contributed by atoms with Gasteiger partial charge < -0.3 is 15.7 Å². The van der Waals surface area contributed by atoms with E-state index in [2.05, 4.69) is 43.5 Å². The van der Waals surface area contributed by atoms with E-state index in [0.29, 0.717) is 6.04 Å². The average molecular weight is 290 g/mol. The van der Waals surface area contributed by atoms with Crippen LogP contribution in [-0.4, -0.2) is 23.3 Å². The summed E-state index contributed by atoms with van der Waals surface area (Å²) < 4.78 is 0. The van der Waals surface area contributed by atoms with E-state index in [1.54, 1.807) is 0 Å². The summed E-state index contributed by atoms with van der Waals surface area (Å²) in [5.74, 6) is 0. The third-order valence-electron chi connectivity index (χ3n) is 4.48. The van der Waals surface area contributed by atoms with E-state index >= 15 is 0 Å². The van der Waals surface area contributed by atoms with Gasteiger partial charge in [0.2, 0.25) is 0 Å². The molecule has 1 aromatic rings. The Balaban J connectivity index is 1.93. The van der Waals surface area contributed by atoms with Crippen molar-refractivity contribution >= 4 is 11.8 Å². The number of nitrogens with one attached hydrogen (secondary N) is 2. The molecule has 1 aliphatic rings. The van der Waals surface area contributed by atoms with Crippen LogP contribution in [0, 0.1) is 13.8 Å². The zero-order valence-corrected chi connectivity index (χ0v) is 13.2. The highest BCUT2D eigenvalue weighted by Gasteiger charge is 2.22. The van der Waals surface area contributed by atoms with Crippen LogP contribution in [0.2, 0.25) is 0 Å². The topological polar surface area (TPSA) is 61.4 Å². The van der Waals surface area contributed by atoms with Gasteiger partial charge >= 0.3 is 6.09 Å². The molecule has 116 valence electrons. The summed E-state index contributed by atoms with van der Waals surface area (Å²) >= 11 is 0. The van der Waals surface area contributed by atoms with Crippen LogP contribution in [0.5, 0.6) is 0 Å². The SMILES string of the molecule is CCc1c(C)cc(NC2CCC(NC(=O)O)CC2)cc1C. The molecule has 3 N–H and O–H groups in total. The largest absolute Gasteiger partial charge is 0.465 e. The number of anilines is 1. The number of carbonyl (C=O) groups is 1. The first kappa shape index (κ1) is 15.7. The van der Waals surface area contributed by atoms with E-state index in [1.165, 1.54) is 22.4 Å². The van der Waals surface area contributed by atoms with Crippen molar-refractivity contribution in [1.29, 1.82) is 0 Å². The smallest absolute Gasteiger partial charge is 0.404 e. The van der Waals surface area contributed by atoms with Gasteiger partial charge in [-0.15, -0.1) is 0 Å². The van der Waals surface area contributed by atoms with Crippen molar-refractivity contribution in [3.05, 3.63) is 28.8 Å². The minimum atomic E-state index is -0.909. The second-order valence-electron chi connectivity index (χ2n) is 6.08. The predicted octanol–water partition coefficient (Wildman–Crippen LogP) is 3.86. The van der Waals surface area contributed by atoms with Crippen LogP contribution in [-0.2, 0) is 6.42 Å². The molecule has 0 saturated heterocycles. The maximum atomic E-state index is 10.6. The van der Waals surface area contributed by atoms with Gasteiger partial charge in [0.25, 0.3) is 0 Å². The van der Waals surface area contributed by atoms with Crippen LogP contribution >= 0.6 is 0 Å². The molecule has 4 heteroatoms. The fourth-order valence-electron chi connectivity index (χ4n) is 3.43. The Morgan fingerprint density at radius 2 is 1.67 bits per heavy atom. The molecule has 1 fully saturated rings. The molecule has 2 rings (SSSR count). The highest BCUT2D eigenvalue weighted by molar-refractivity contribution is 5.64. The van der Waals surface area contributed by atoms with E-state index in [4.69, 9.17) is 5.11 Å².